The predicted octanol–water partition coefficient (Wildman–Crippen LogP) is 3.12. The molecule has 1 atom stereocenters. The van der Waals surface area contributed by atoms with Crippen LogP contribution < -0.4 is 10.1 Å². The van der Waals surface area contributed by atoms with Crippen LogP contribution in [0.1, 0.15) is 25.7 Å². The third-order valence-corrected chi connectivity index (χ3v) is 3.88. The molecule has 0 aliphatic carbocycles. The monoisotopic (exact) mass is 266 g/mol. The number of halogens is 1. The Kier molecular flexibility index (Phi) is 5.02. The average Bonchev–Trinajstić information content (AvgIpc) is 2.43. The molecule has 1 aromatic carbocycles. The number of methoxy groups -OCH3 is 1. The van der Waals surface area contributed by atoms with Crippen molar-refractivity contribution in [3.8, 4) is 5.75 Å². The number of piperidine rings is 1. The highest BCUT2D eigenvalue weighted by molar-refractivity contribution is 5.48. The highest BCUT2D eigenvalue weighted by Gasteiger charge is 2.17. The molecule has 1 aromatic rings. The van der Waals surface area contributed by atoms with E-state index in [1.165, 1.54) is 39.0 Å². The summed E-state index contributed by atoms with van der Waals surface area (Å²) in [6.45, 7) is 2.11. The molecule has 1 heterocycles. The molecule has 2 rings (SSSR count). The first-order valence-electron chi connectivity index (χ1n) is 6.98. The Morgan fingerprint density at radius 3 is 3.00 bits per heavy atom. The van der Waals surface area contributed by atoms with Gasteiger partial charge < -0.3 is 15.0 Å². The summed E-state index contributed by atoms with van der Waals surface area (Å²) in [4.78, 5) is 2.44. The third-order valence-electron chi connectivity index (χ3n) is 3.88. The topological polar surface area (TPSA) is 24.5 Å². The number of hydrogen-bond donors (Lipinski definition) is 1. The lowest BCUT2D eigenvalue weighted by Gasteiger charge is -2.32. The number of nitrogens with one attached hydrogen (secondary N) is 1. The van der Waals surface area contributed by atoms with Crippen LogP contribution in [-0.4, -0.2) is 38.2 Å². The molecule has 0 radical (unpaired) electrons. The summed E-state index contributed by atoms with van der Waals surface area (Å²) in [5.41, 5.74) is 0.914. The molecule has 19 heavy (non-hydrogen) atoms. The lowest BCUT2D eigenvalue weighted by molar-refractivity contribution is 0.179. The van der Waals surface area contributed by atoms with Gasteiger partial charge in [0.25, 0.3) is 0 Å². The van der Waals surface area contributed by atoms with Crippen molar-refractivity contribution >= 4 is 5.69 Å². The molecule has 106 valence electrons. The van der Waals surface area contributed by atoms with Crippen LogP contribution >= 0.6 is 0 Å². The molecule has 1 unspecified atom stereocenters. The first-order chi connectivity index (χ1) is 9.20. The van der Waals surface area contributed by atoms with E-state index in [0.717, 1.165) is 18.7 Å². The van der Waals surface area contributed by atoms with Crippen molar-refractivity contribution < 1.29 is 9.13 Å². The Labute approximate surface area is 114 Å². The fraction of sp³-hybridized carbons (Fsp3) is 0.600. The molecule has 1 fully saturated rings. The zero-order valence-corrected chi connectivity index (χ0v) is 11.8. The number of anilines is 1. The lowest BCUT2D eigenvalue weighted by atomic mass is 10.0. The summed E-state index contributed by atoms with van der Waals surface area (Å²) >= 11 is 0. The van der Waals surface area contributed by atoms with Crippen molar-refractivity contribution in [1.29, 1.82) is 0 Å². The van der Waals surface area contributed by atoms with E-state index in [2.05, 4.69) is 17.3 Å². The third kappa shape index (κ3) is 3.83. The van der Waals surface area contributed by atoms with Crippen molar-refractivity contribution in [2.75, 3.05) is 32.6 Å². The molecule has 1 saturated heterocycles. The second kappa shape index (κ2) is 6.75. The number of rotatable bonds is 5. The minimum atomic E-state index is -0.319. The highest BCUT2D eigenvalue weighted by Crippen LogP contribution is 2.22. The smallest absolute Gasteiger partial charge is 0.165 e. The summed E-state index contributed by atoms with van der Waals surface area (Å²) in [7, 11) is 3.68. The van der Waals surface area contributed by atoms with Crippen LogP contribution in [0.4, 0.5) is 10.1 Å². The SMILES string of the molecule is COc1cc(NCCC2CCCCN2C)ccc1F. The fourth-order valence-electron chi connectivity index (χ4n) is 2.66. The Morgan fingerprint density at radius 1 is 1.42 bits per heavy atom. The van der Waals surface area contributed by atoms with Gasteiger partial charge in [0.1, 0.15) is 0 Å². The molecule has 1 aliphatic rings. The minimum absolute atomic E-state index is 0.291. The van der Waals surface area contributed by atoms with Gasteiger partial charge in [-0.1, -0.05) is 6.42 Å². The van der Waals surface area contributed by atoms with Gasteiger partial charge in [-0.15, -0.1) is 0 Å². The van der Waals surface area contributed by atoms with E-state index in [1.807, 2.05) is 0 Å². The second-order valence-electron chi connectivity index (χ2n) is 5.19. The lowest BCUT2D eigenvalue weighted by Crippen LogP contribution is -2.37. The predicted molar refractivity (Wildman–Crippen MR) is 76.3 cm³/mol. The van der Waals surface area contributed by atoms with Crippen molar-refractivity contribution in [1.82, 2.24) is 4.90 Å². The quantitative estimate of drug-likeness (QED) is 0.886. The maximum absolute atomic E-state index is 13.3. The number of hydrogen-bond acceptors (Lipinski definition) is 3. The number of nitrogens with zero attached hydrogens (tertiary/aromatic N) is 1. The standard InChI is InChI=1S/C15H23FN2O/c1-18-10-4-3-5-13(18)8-9-17-12-6-7-14(16)15(11-12)19-2/h6-7,11,13,17H,3-5,8-10H2,1-2H3. The van der Waals surface area contributed by atoms with Crippen molar-refractivity contribution in [2.24, 2.45) is 0 Å². The summed E-state index contributed by atoms with van der Waals surface area (Å²) in [6.07, 6.45) is 5.05. The normalized spacial score (nSPS) is 20.3. The van der Waals surface area contributed by atoms with Crippen LogP contribution in [0.3, 0.4) is 0 Å². The number of likely N-dealkylation sites (tertiary alicyclic amines) is 1. The van der Waals surface area contributed by atoms with Crippen LogP contribution in [0.25, 0.3) is 0 Å². The van der Waals surface area contributed by atoms with Gasteiger partial charge >= 0.3 is 0 Å². The van der Waals surface area contributed by atoms with E-state index in [1.54, 1.807) is 12.1 Å². The van der Waals surface area contributed by atoms with Crippen molar-refractivity contribution in [2.45, 2.75) is 31.7 Å². The van der Waals surface area contributed by atoms with Gasteiger partial charge in [-0.3, -0.25) is 0 Å². The van der Waals surface area contributed by atoms with Gasteiger partial charge in [0.15, 0.2) is 11.6 Å². The van der Waals surface area contributed by atoms with Crippen LogP contribution in [0.2, 0.25) is 0 Å². The van der Waals surface area contributed by atoms with E-state index in [0.29, 0.717) is 11.8 Å². The average molecular weight is 266 g/mol. The largest absolute Gasteiger partial charge is 0.494 e. The molecule has 1 aliphatic heterocycles. The summed E-state index contributed by atoms with van der Waals surface area (Å²) in [5.74, 6) is -0.0279. The summed E-state index contributed by atoms with van der Waals surface area (Å²) < 4.78 is 18.3. The fourth-order valence-corrected chi connectivity index (χ4v) is 2.66. The molecule has 0 bridgehead atoms. The first-order valence-corrected chi connectivity index (χ1v) is 6.98. The highest BCUT2D eigenvalue weighted by atomic mass is 19.1. The van der Waals surface area contributed by atoms with Crippen LogP contribution in [0, 0.1) is 5.82 Å². The Balaban J connectivity index is 1.82. The molecule has 3 nitrogen and oxygen atoms in total. The molecule has 0 aromatic heterocycles. The van der Waals surface area contributed by atoms with Gasteiger partial charge in [0.2, 0.25) is 0 Å². The Hall–Kier alpha value is -1.29. The number of benzene rings is 1. The van der Waals surface area contributed by atoms with Crippen LogP contribution in [-0.2, 0) is 0 Å². The zero-order valence-electron chi connectivity index (χ0n) is 11.8. The molecule has 4 heteroatoms. The maximum Gasteiger partial charge on any atom is 0.165 e. The van der Waals surface area contributed by atoms with Gasteiger partial charge in [0.05, 0.1) is 7.11 Å². The molecular formula is C15H23FN2O. The van der Waals surface area contributed by atoms with Crippen molar-refractivity contribution in [3.05, 3.63) is 24.0 Å². The van der Waals surface area contributed by atoms with Gasteiger partial charge in [-0.2, -0.15) is 0 Å². The maximum atomic E-state index is 13.3. The zero-order chi connectivity index (χ0) is 13.7. The van der Waals surface area contributed by atoms with Crippen LogP contribution in [0.5, 0.6) is 5.75 Å². The molecule has 0 saturated carbocycles. The van der Waals surface area contributed by atoms with E-state index in [-0.39, 0.29) is 5.82 Å². The molecular weight excluding hydrogens is 243 g/mol. The Bertz CT molecular complexity index is 411. The van der Waals surface area contributed by atoms with Gasteiger partial charge in [-0.25, -0.2) is 4.39 Å². The van der Waals surface area contributed by atoms with E-state index in [9.17, 15) is 4.39 Å². The second-order valence-corrected chi connectivity index (χ2v) is 5.19. The number of ether oxygens (including phenoxy) is 1. The summed E-state index contributed by atoms with van der Waals surface area (Å²) in [6, 6.07) is 5.57. The van der Waals surface area contributed by atoms with Crippen LogP contribution in [0.15, 0.2) is 18.2 Å². The van der Waals surface area contributed by atoms with E-state index in [4.69, 9.17) is 4.74 Å². The van der Waals surface area contributed by atoms with Gasteiger partial charge in [0, 0.05) is 24.3 Å². The molecule has 1 N–H and O–H groups in total. The Morgan fingerprint density at radius 2 is 2.26 bits per heavy atom. The summed E-state index contributed by atoms with van der Waals surface area (Å²) in [5, 5.41) is 3.34. The minimum Gasteiger partial charge on any atom is -0.494 e. The van der Waals surface area contributed by atoms with Crippen molar-refractivity contribution in [3.63, 3.8) is 0 Å². The first kappa shape index (κ1) is 14.1. The van der Waals surface area contributed by atoms with E-state index >= 15 is 0 Å². The molecule has 0 spiro atoms. The van der Waals surface area contributed by atoms with Gasteiger partial charge in [-0.05, 0) is 45.0 Å². The van der Waals surface area contributed by atoms with E-state index < -0.39 is 0 Å². The molecule has 0 amide bonds.